The van der Waals surface area contributed by atoms with E-state index in [0.717, 1.165) is 0 Å². The van der Waals surface area contributed by atoms with Crippen molar-refractivity contribution in [2.24, 2.45) is 5.73 Å². The Hall–Kier alpha value is -1.60. The minimum Gasteiger partial charge on any atom is -0.318 e. The smallest absolute Gasteiger partial charge is 0.0637 e. The van der Waals surface area contributed by atoms with Gasteiger partial charge in [0.25, 0.3) is 0 Å². The standard InChI is InChI=1S/C20H25N/c1-14-8-10-18(12-15(14)2)20(3,21)19-11-9-16-6-4-5-7-17(16)13-19/h8-13H,4-7,21H2,1-3H3. The molecule has 0 radical (unpaired) electrons. The number of hydrogen-bond acceptors (Lipinski definition) is 1. The van der Waals surface area contributed by atoms with Gasteiger partial charge in [0, 0.05) is 0 Å². The van der Waals surface area contributed by atoms with Crippen molar-refractivity contribution in [2.75, 3.05) is 0 Å². The van der Waals surface area contributed by atoms with Gasteiger partial charge in [0.15, 0.2) is 0 Å². The number of fused-ring (bicyclic) bond motifs is 1. The molecule has 1 heteroatoms. The lowest BCUT2D eigenvalue weighted by Gasteiger charge is -2.28. The van der Waals surface area contributed by atoms with Crippen LogP contribution in [-0.2, 0) is 18.4 Å². The van der Waals surface area contributed by atoms with Crippen molar-refractivity contribution in [3.05, 3.63) is 69.8 Å². The summed E-state index contributed by atoms with van der Waals surface area (Å²) in [5.74, 6) is 0. The zero-order valence-electron chi connectivity index (χ0n) is 13.4. The van der Waals surface area contributed by atoms with Crippen molar-refractivity contribution in [1.82, 2.24) is 0 Å². The number of rotatable bonds is 2. The van der Waals surface area contributed by atoms with Gasteiger partial charge < -0.3 is 5.73 Å². The number of aryl methyl sites for hydroxylation is 4. The molecule has 0 amide bonds. The van der Waals surface area contributed by atoms with E-state index in [4.69, 9.17) is 5.73 Å². The molecule has 0 heterocycles. The highest BCUT2D eigenvalue weighted by Gasteiger charge is 2.25. The minimum absolute atomic E-state index is 0.426. The molecule has 110 valence electrons. The zero-order chi connectivity index (χ0) is 15.0. The molecule has 0 spiro atoms. The van der Waals surface area contributed by atoms with E-state index in [1.165, 1.54) is 59.1 Å². The Bertz CT molecular complexity index is 668. The highest BCUT2D eigenvalue weighted by atomic mass is 14.7. The van der Waals surface area contributed by atoms with Crippen LogP contribution in [0, 0.1) is 13.8 Å². The molecule has 0 saturated carbocycles. The van der Waals surface area contributed by atoms with E-state index in [1.54, 1.807) is 0 Å². The van der Waals surface area contributed by atoms with Crippen LogP contribution >= 0.6 is 0 Å². The Labute approximate surface area is 128 Å². The van der Waals surface area contributed by atoms with Crippen LogP contribution in [0.15, 0.2) is 36.4 Å². The molecule has 1 aliphatic carbocycles. The van der Waals surface area contributed by atoms with Gasteiger partial charge in [-0.05, 0) is 79.8 Å². The van der Waals surface area contributed by atoms with Crippen molar-refractivity contribution >= 4 is 0 Å². The van der Waals surface area contributed by atoms with Gasteiger partial charge in [-0.15, -0.1) is 0 Å². The Morgan fingerprint density at radius 2 is 1.43 bits per heavy atom. The molecule has 1 unspecified atom stereocenters. The third-order valence-electron chi connectivity index (χ3n) is 5.05. The topological polar surface area (TPSA) is 26.0 Å². The average molecular weight is 279 g/mol. The van der Waals surface area contributed by atoms with Crippen LogP contribution in [0.25, 0.3) is 0 Å². The van der Waals surface area contributed by atoms with Crippen molar-refractivity contribution in [3.63, 3.8) is 0 Å². The van der Waals surface area contributed by atoms with Crippen LogP contribution in [0.1, 0.15) is 53.1 Å². The quantitative estimate of drug-likeness (QED) is 0.866. The summed E-state index contributed by atoms with van der Waals surface area (Å²) in [5.41, 5.74) is 14.4. The minimum atomic E-state index is -0.426. The van der Waals surface area contributed by atoms with Crippen LogP contribution in [0.2, 0.25) is 0 Å². The number of nitrogens with two attached hydrogens (primary N) is 1. The molecule has 0 bridgehead atoms. The molecular formula is C20H25N. The van der Waals surface area contributed by atoms with Crippen molar-refractivity contribution in [1.29, 1.82) is 0 Å². The predicted molar refractivity (Wildman–Crippen MR) is 89.6 cm³/mol. The first-order chi connectivity index (χ1) is 9.98. The Morgan fingerprint density at radius 1 is 0.810 bits per heavy atom. The summed E-state index contributed by atoms with van der Waals surface area (Å²) in [4.78, 5) is 0. The molecule has 0 saturated heterocycles. The van der Waals surface area contributed by atoms with Gasteiger partial charge in [0.05, 0.1) is 5.54 Å². The maximum Gasteiger partial charge on any atom is 0.0637 e. The lowest BCUT2D eigenvalue weighted by Crippen LogP contribution is -2.34. The monoisotopic (exact) mass is 279 g/mol. The fourth-order valence-electron chi connectivity index (χ4n) is 3.29. The summed E-state index contributed by atoms with van der Waals surface area (Å²) in [6.07, 6.45) is 5.05. The van der Waals surface area contributed by atoms with Crippen LogP contribution in [-0.4, -0.2) is 0 Å². The van der Waals surface area contributed by atoms with Gasteiger partial charge in [0.2, 0.25) is 0 Å². The lowest BCUT2D eigenvalue weighted by atomic mass is 9.81. The summed E-state index contributed by atoms with van der Waals surface area (Å²) in [6.45, 7) is 6.43. The van der Waals surface area contributed by atoms with Crippen molar-refractivity contribution < 1.29 is 0 Å². The van der Waals surface area contributed by atoms with E-state index in [2.05, 4.69) is 57.2 Å². The zero-order valence-corrected chi connectivity index (χ0v) is 13.4. The maximum atomic E-state index is 6.71. The fourth-order valence-corrected chi connectivity index (χ4v) is 3.29. The van der Waals surface area contributed by atoms with Crippen molar-refractivity contribution in [3.8, 4) is 0 Å². The van der Waals surface area contributed by atoms with E-state index in [9.17, 15) is 0 Å². The fraction of sp³-hybridized carbons (Fsp3) is 0.400. The Balaban J connectivity index is 2.02. The third-order valence-corrected chi connectivity index (χ3v) is 5.05. The normalized spacial score (nSPS) is 17.1. The summed E-state index contributed by atoms with van der Waals surface area (Å²) in [5, 5.41) is 0. The van der Waals surface area contributed by atoms with Gasteiger partial charge in [0.1, 0.15) is 0 Å². The molecular weight excluding hydrogens is 254 g/mol. The Kier molecular flexibility index (Phi) is 3.62. The molecule has 3 rings (SSSR count). The molecule has 0 aliphatic heterocycles. The van der Waals surface area contributed by atoms with Gasteiger partial charge >= 0.3 is 0 Å². The van der Waals surface area contributed by atoms with Gasteiger partial charge in [-0.1, -0.05) is 36.4 Å². The van der Waals surface area contributed by atoms with E-state index in [1.807, 2.05) is 0 Å². The van der Waals surface area contributed by atoms with Gasteiger partial charge in [-0.2, -0.15) is 0 Å². The number of benzene rings is 2. The summed E-state index contributed by atoms with van der Waals surface area (Å²) in [7, 11) is 0. The Morgan fingerprint density at radius 3 is 2.14 bits per heavy atom. The third kappa shape index (κ3) is 2.63. The van der Waals surface area contributed by atoms with E-state index >= 15 is 0 Å². The lowest BCUT2D eigenvalue weighted by molar-refractivity contribution is 0.597. The van der Waals surface area contributed by atoms with E-state index in [-0.39, 0.29) is 0 Å². The highest BCUT2D eigenvalue weighted by molar-refractivity contribution is 5.44. The first-order valence-corrected chi connectivity index (χ1v) is 7.97. The molecule has 2 aromatic carbocycles. The van der Waals surface area contributed by atoms with E-state index < -0.39 is 5.54 Å². The van der Waals surface area contributed by atoms with E-state index in [0.29, 0.717) is 0 Å². The average Bonchev–Trinajstić information content (AvgIpc) is 2.49. The van der Waals surface area contributed by atoms with Crippen LogP contribution < -0.4 is 5.73 Å². The first kappa shape index (κ1) is 14.3. The molecule has 1 nitrogen and oxygen atoms in total. The second-order valence-electron chi connectivity index (χ2n) is 6.69. The molecule has 0 aromatic heterocycles. The van der Waals surface area contributed by atoms with Gasteiger partial charge in [-0.3, -0.25) is 0 Å². The van der Waals surface area contributed by atoms with Crippen molar-refractivity contribution in [2.45, 2.75) is 52.0 Å². The summed E-state index contributed by atoms with van der Waals surface area (Å²) >= 11 is 0. The summed E-state index contributed by atoms with van der Waals surface area (Å²) in [6, 6.07) is 13.4. The molecule has 21 heavy (non-hydrogen) atoms. The molecule has 1 aliphatic rings. The maximum absolute atomic E-state index is 6.71. The first-order valence-electron chi connectivity index (χ1n) is 7.97. The molecule has 2 N–H and O–H groups in total. The molecule has 2 aromatic rings. The second-order valence-corrected chi connectivity index (χ2v) is 6.69. The largest absolute Gasteiger partial charge is 0.318 e. The predicted octanol–water partition coefficient (Wildman–Crippen LogP) is 4.40. The summed E-state index contributed by atoms with van der Waals surface area (Å²) < 4.78 is 0. The SMILES string of the molecule is Cc1ccc(C(C)(N)c2ccc3c(c2)CCCC3)cc1C. The number of hydrogen-bond donors (Lipinski definition) is 1. The van der Waals surface area contributed by atoms with Crippen LogP contribution in [0.3, 0.4) is 0 Å². The van der Waals surface area contributed by atoms with Crippen LogP contribution in [0.5, 0.6) is 0 Å². The molecule has 0 fully saturated rings. The van der Waals surface area contributed by atoms with Crippen LogP contribution in [0.4, 0.5) is 0 Å². The second kappa shape index (κ2) is 5.31. The highest BCUT2D eigenvalue weighted by Crippen LogP contribution is 2.31. The van der Waals surface area contributed by atoms with Gasteiger partial charge in [-0.25, -0.2) is 0 Å². The molecule has 1 atom stereocenters.